The van der Waals surface area contributed by atoms with Crippen molar-refractivity contribution < 1.29 is 14.3 Å². The molecule has 1 aliphatic heterocycles. The Morgan fingerprint density at radius 2 is 2.20 bits per heavy atom. The third-order valence-corrected chi connectivity index (χ3v) is 4.64. The predicted octanol–water partition coefficient (Wildman–Crippen LogP) is 2.75. The number of fused-ring (bicyclic) bond motifs is 2. The molecule has 4 nitrogen and oxygen atoms in total. The Morgan fingerprint density at radius 1 is 1.45 bits per heavy atom. The Hall–Kier alpha value is -1.55. The summed E-state index contributed by atoms with van der Waals surface area (Å²) in [6.45, 7) is 4.08. The SMILES string of the molecule is CCOC(=O)C1C(CC)C12C(=O)Nc1ccc(Cl)cc12. The molecule has 1 heterocycles. The molecule has 3 atom stereocenters. The second-order valence-electron chi connectivity index (χ2n) is 5.26. The number of carbonyl (C=O) groups excluding carboxylic acids is 2. The van der Waals surface area contributed by atoms with Crippen molar-refractivity contribution in [3.63, 3.8) is 0 Å². The summed E-state index contributed by atoms with van der Waals surface area (Å²) < 4.78 is 5.13. The summed E-state index contributed by atoms with van der Waals surface area (Å²) in [6, 6.07) is 5.32. The second kappa shape index (κ2) is 4.48. The first-order chi connectivity index (χ1) is 9.57. The molecule has 1 aliphatic carbocycles. The van der Waals surface area contributed by atoms with Crippen LogP contribution in [-0.2, 0) is 19.7 Å². The fourth-order valence-corrected chi connectivity index (χ4v) is 3.76. The zero-order chi connectivity index (χ0) is 14.5. The fraction of sp³-hybridized carbons (Fsp3) is 0.467. The number of hydrogen-bond acceptors (Lipinski definition) is 3. The number of amides is 1. The summed E-state index contributed by atoms with van der Waals surface area (Å²) in [5.41, 5.74) is 0.811. The van der Waals surface area contributed by atoms with E-state index in [2.05, 4.69) is 5.32 Å². The molecular weight excluding hydrogens is 278 g/mol. The molecule has 3 rings (SSSR count). The van der Waals surface area contributed by atoms with E-state index in [1.165, 1.54) is 0 Å². The van der Waals surface area contributed by atoms with Gasteiger partial charge in [0.25, 0.3) is 0 Å². The molecule has 20 heavy (non-hydrogen) atoms. The zero-order valence-electron chi connectivity index (χ0n) is 11.4. The van der Waals surface area contributed by atoms with Crippen molar-refractivity contribution in [2.75, 3.05) is 11.9 Å². The van der Waals surface area contributed by atoms with Gasteiger partial charge >= 0.3 is 5.97 Å². The lowest BCUT2D eigenvalue weighted by Gasteiger charge is -2.09. The molecule has 0 radical (unpaired) electrons. The van der Waals surface area contributed by atoms with Crippen LogP contribution in [0.4, 0.5) is 5.69 Å². The molecular formula is C15H16ClNO3. The Kier molecular flexibility index (Phi) is 3.01. The maximum absolute atomic E-state index is 12.5. The molecule has 0 saturated heterocycles. The average molecular weight is 294 g/mol. The summed E-state index contributed by atoms with van der Waals surface area (Å²) in [4.78, 5) is 24.6. The van der Waals surface area contributed by atoms with Crippen molar-refractivity contribution >= 4 is 29.2 Å². The number of ether oxygens (including phenoxy) is 1. The first-order valence-corrected chi connectivity index (χ1v) is 7.23. The molecule has 0 aromatic heterocycles. The molecule has 1 spiro atoms. The van der Waals surface area contributed by atoms with Crippen LogP contribution < -0.4 is 5.32 Å². The summed E-state index contributed by atoms with van der Waals surface area (Å²) in [5, 5.41) is 3.44. The van der Waals surface area contributed by atoms with Crippen molar-refractivity contribution in [2.45, 2.75) is 25.7 Å². The smallest absolute Gasteiger partial charge is 0.310 e. The van der Waals surface area contributed by atoms with Crippen LogP contribution in [0.25, 0.3) is 0 Å². The number of esters is 1. The Morgan fingerprint density at radius 3 is 2.85 bits per heavy atom. The lowest BCUT2D eigenvalue weighted by molar-refractivity contribution is -0.146. The normalized spacial score (nSPS) is 30.1. The van der Waals surface area contributed by atoms with E-state index in [-0.39, 0.29) is 17.8 Å². The third-order valence-electron chi connectivity index (χ3n) is 4.40. The highest BCUT2D eigenvalue weighted by Crippen LogP contribution is 2.66. The van der Waals surface area contributed by atoms with Crippen LogP contribution in [0.3, 0.4) is 0 Å². The van der Waals surface area contributed by atoms with E-state index in [4.69, 9.17) is 16.3 Å². The van der Waals surface area contributed by atoms with E-state index < -0.39 is 11.3 Å². The minimum Gasteiger partial charge on any atom is -0.466 e. The monoisotopic (exact) mass is 293 g/mol. The van der Waals surface area contributed by atoms with Crippen LogP contribution in [0.1, 0.15) is 25.8 Å². The first-order valence-electron chi connectivity index (χ1n) is 6.85. The molecule has 1 N–H and O–H groups in total. The van der Waals surface area contributed by atoms with Gasteiger partial charge < -0.3 is 10.1 Å². The van der Waals surface area contributed by atoms with Crippen LogP contribution in [0.15, 0.2) is 18.2 Å². The van der Waals surface area contributed by atoms with E-state index in [0.29, 0.717) is 11.6 Å². The highest BCUT2D eigenvalue weighted by atomic mass is 35.5. The summed E-state index contributed by atoms with van der Waals surface area (Å²) in [6.07, 6.45) is 0.753. The van der Waals surface area contributed by atoms with Gasteiger partial charge in [-0.25, -0.2) is 0 Å². The van der Waals surface area contributed by atoms with Gasteiger partial charge in [0.15, 0.2) is 0 Å². The van der Waals surface area contributed by atoms with Gasteiger partial charge in [-0.3, -0.25) is 9.59 Å². The van der Waals surface area contributed by atoms with E-state index in [9.17, 15) is 9.59 Å². The molecule has 1 amide bonds. The maximum Gasteiger partial charge on any atom is 0.310 e. The number of hydrogen-bond donors (Lipinski definition) is 1. The van der Waals surface area contributed by atoms with Gasteiger partial charge in [-0.1, -0.05) is 24.9 Å². The van der Waals surface area contributed by atoms with Crippen molar-refractivity contribution in [1.29, 1.82) is 0 Å². The predicted molar refractivity (Wildman–Crippen MR) is 75.7 cm³/mol. The molecule has 3 unspecified atom stereocenters. The molecule has 106 valence electrons. The van der Waals surface area contributed by atoms with Crippen molar-refractivity contribution in [1.82, 2.24) is 0 Å². The Balaban J connectivity index is 2.07. The lowest BCUT2D eigenvalue weighted by Crippen LogP contribution is -2.25. The van der Waals surface area contributed by atoms with E-state index in [0.717, 1.165) is 17.7 Å². The van der Waals surface area contributed by atoms with Crippen molar-refractivity contribution in [2.24, 2.45) is 11.8 Å². The minimum absolute atomic E-state index is 0.0127. The number of anilines is 1. The number of benzene rings is 1. The largest absolute Gasteiger partial charge is 0.466 e. The van der Waals surface area contributed by atoms with Crippen LogP contribution >= 0.6 is 11.6 Å². The zero-order valence-corrected chi connectivity index (χ0v) is 12.2. The number of carbonyl (C=O) groups is 2. The lowest BCUT2D eigenvalue weighted by atomic mass is 9.92. The average Bonchev–Trinajstić information content (AvgIpc) is 3.02. The van der Waals surface area contributed by atoms with Gasteiger partial charge in [0.1, 0.15) is 0 Å². The fourth-order valence-electron chi connectivity index (χ4n) is 3.59. The summed E-state index contributed by atoms with van der Waals surface area (Å²) >= 11 is 6.05. The van der Waals surface area contributed by atoms with Gasteiger partial charge in [-0.2, -0.15) is 0 Å². The van der Waals surface area contributed by atoms with Gasteiger partial charge in [-0.05, 0) is 36.6 Å². The number of halogens is 1. The van der Waals surface area contributed by atoms with E-state index in [1.807, 2.05) is 6.92 Å². The first kappa shape index (κ1) is 13.4. The number of rotatable bonds is 3. The highest BCUT2D eigenvalue weighted by molar-refractivity contribution is 6.31. The van der Waals surface area contributed by atoms with Crippen LogP contribution in [-0.4, -0.2) is 18.5 Å². The van der Waals surface area contributed by atoms with Crippen LogP contribution in [0, 0.1) is 11.8 Å². The summed E-state index contributed by atoms with van der Waals surface area (Å²) in [5.74, 6) is -0.810. The topological polar surface area (TPSA) is 55.4 Å². The van der Waals surface area contributed by atoms with Crippen molar-refractivity contribution in [3.8, 4) is 0 Å². The molecule has 2 aliphatic rings. The van der Waals surface area contributed by atoms with Crippen LogP contribution in [0.2, 0.25) is 5.02 Å². The summed E-state index contributed by atoms with van der Waals surface area (Å²) in [7, 11) is 0. The molecule has 1 aromatic rings. The third kappa shape index (κ3) is 1.54. The number of nitrogens with one attached hydrogen (secondary N) is 1. The Bertz CT molecular complexity index is 601. The van der Waals surface area contributed by atoms with Gasteiger partial charge in [0.2, 0.25) is 5.91 Å². The van der Waals surface area contributed by atoms with Crippen LogP contribution in [0.5, 0.6) is 0 Å². The Labute approximate surface area is 122 Å². The van der Waals surface area contributed by atoms with Gasteiger partial charge in [0.05, 0.1) is 17.9 Å². The molecule has 5 heteroatoms. The van der Waals surface area contributed by atoms with E-state index in [1.54, 1.807) is 25.1 Å². The highest BCUT2D eigenvalue weighted by Gasteiger charge is 2.75. The standard InChI is InChI=1S/C15H16ClNO3/c1-3-9-12(13(18)20-4-2)15(9)10-7-8(16)5-6-11(10)17-14(15)19/h5-7,9,12H,3-4H2,1-2H3,(H,17,19). The maximum atomic E-state index is 12.5. The van der Waals surface area contributed by atoms with E-state index >= 15 is 0 Å². The van der Waals surface area contributed by atoms with Crippen molar-refractivity contribution in [3.05, 3.63) is 28.8 Å². The molecule has 1 fully saturated rings. The quantitative estimate of drug-likeness (QED) is 0.872. The second-order valence-corrected chi connectivity index (χ2v) is 5.69. The molecule has 1 aromatic carbocycles. The minimum atomic E-state index is -0.777. The van der Waals surface area contributed by atoms with Gasteiger partial charge in [0, 0.05) is 10.7 Å². The molecule has 0 bridgehead atoms. The molecule has 1 saturated carbocycles. The van der Waals surface area contributed by atoms with Gasteiger partial charge in [-0.15, -0.1) is 0 Å².